The Hall–Kier alpha value is -1.01. The average Bonchev–Trinajstić information content (AvgIpc) is 2.15. The summed E-state index contributed by atoms with van der Waals surface area (Å²) in [6.45, 7) is 5.91. The normalized spacial score (nSPS) is 27.9. The molecule has 0 bridgehead atoms. The second kappa shape index (κ2) is 4.47. The number of aliphatic carboxylic acids is 1. The zero-order valence-electron chi connectivity index (χ0n) is 8.84. The molecule has 1 aliphatic heterocycles. The van der Waals surface area contributed by atoms with Crippen molar-refractivity contribution in [3.8, 4) is 11.8 Å². The van der Waals surface area contributed by atoms with E-state index in [1.165, 1.54) is 0 Å². The van der Waals surface area contributed by atoms with Crippen LogP contribution in [0.4, 0.5) is 0 Å². The Labute approximate surface area is 85.1 Å². The van der Waals surface area contributed by atoms with Crippen LogP contribution in [0.5, 0.6) is 0 Å². The summed E-state index contributed by atoms with van der Waals surface area (Å²) in [4.78, 5) is 13.2. The highest BCUT2D eigenvalue weighted by molar-refractivity contribution is 5.74. The van der Waals surface area contributed by atoms with Crippen molar-refractivity contribution in [1.29, 1.82) is 0 Å². The standard InChI is InChI=1S/C11H17NO2/c1-3-4-7-12-8-5-6-11(2,9-12)10(13)14/h5-9H2,1-2H3,(H,13,14). The Morgan fingerprint density at radius 1 is 1.64 bits per heavy atom. The first-order valence-electron chi connectivity index (χ1n) is 4.94. The average molecular weight is 195 g/mol. The van der Waals surface area contributed by atoms with E-state index in [-0.39, 0.29) is 0 Å². The Morgan fingerprint density at radius 2 is 2.36 bits per heavy atom. The minimum atomic E-state index is -0.688. The van der Waals surface area contributed by atoms with Gasteiger partial charge >= 0.3 is 5.97 Å². The van der Waals surface area contributed by atoms with Crippen molar-refractivity contribution in [2.45, 2.75) is 26.7 Å². The summed E-state index contributed by atoms with van der Waals surface area (Å²) < 4.78 is 0. The minimum absolute atomic E-state index is 0.576. The van der Waals surface area contributed by atoms with E-state index >= 15 is 0 Å². The fourth-order valence-corrected chi connectivity index (χ4v) is 1.84. The minimum Gasteiger partial charge on any atom is -0.481 e. The number of carbonyl (C=O) groups is 1. The summed E-state index contributed by atoms with van der Waals surface area (Å²) in [7, 11) is 0. The summed E-state index contributed by atoms with van der Waals surface area (Å²) in [6, 6.07) is 0. The zero-order valence-corrected chi connectivity index (χ0v) is 8.84. The number of carboxylic acid groups (broad SMARTS) is 1. The van der Waals surface area contributed by atoms with Gasteiger partial charge in [-0.2, -0.15) is 0 Å². The Kier molecular flexibility index (Phi) is 3.54. The summed E-state index contributed by atoms with van der Waals surface area (Å²) in [5.41, 5.74) is -0.576. The molecule has 1 heterocycles. The molecule has 0 saturated carbocycles. The van der Waals surface area contributed by atoms with E-state index in [1.54, 1.807) is 6.92 Å². The van der Waals surface area contributed by atoms with E-state index in [1.807, 2.05) is 6.92 Å². The van der Waals surface area contributed by atoms with Crippen LogP contribution < -0.4 is 0 Å². The van der Waals surface area contributed by atoms with Crippen LogP contribution in [0.15, 0.2) is 0 Å². The maximum Gasteiger partial charge on any atom is 0.310 e. The molecule has 1 atom stereocenters. The van der Waals surface area contributed by atoms with Crippen LogP contribution in [0, 0.1) is 17.3 Å². The predicted molar refractivity (Wildman–Crippen MR) is 54.9 cm³/mol. The Bertz CT molecular complexity index is 277. The summed E-state index contributed by atoms with van der Waals surface area (Å²) >= 11 is 0. The number of likely N-dealkylation sites (tertiary alicyclic amines) is 1. The van der Waals surface area contributed by atoms with Gasteiger partial charge in [0.15, 0.2) is 0 Å². The second-order valence-electron chi connectivity index (χ2n) is 4.11. The van der Waals surface area contributed by atoms with Crippen molar-refractivity contribution in [2.24, 2.45) is 5.41 Å². The van der Waals surface area contributed by atoms with E-state index < -0.39 is 11.4 Å². The van der Waals surface area contributed by atoms with Gasteiger partial charge in [-0.1, -0.05) is 5.92 Å². The molecule has 0 spiro atoms. The van der Waals surface area contributed by atoms with Gasteiger partial charge in [0.05, 0.1) is 12.0 Å². The van der Waals surface area contributed by atoms with Gasteiger partial charge in [-0.05, 0) is 33.2 Å². The Morgan fingerprint density at radius 3 is 2.93 bits per heavy atom. The number of piperidine rings is 1. The molecule has 0 aromatic rings. The monoisotopic (exact) mass is 195 g/mol. The topological polar surface area (TPSA) is 40.5 Å². The summed E-state index contributed by atoms with van der Waals surface area (Å²) in [6.07, 6.45) is 1.73. The summed E-state index contributed by atoms with van der Waals surface area (Å²) in [5.74, 6) is 5.12. The molecular weight excluding hydrogens is 178 g/mol. The lowest BCUT2D eigenvalue weighted by atomic mass is 9.82. The second-order valence-corrected chi connectivity index (χ2v) is 4.11. The third-order valence-electron chi connectivity index (χ3n) is 2.77. The molecule has 3 heteroatoms. The van der Waals surface area contributed by atoms with Crippen molar-refractivity contribution >= 4 is 5.97 Å². The molecular formula is C11H17NO2. The lowest BCUT2D eigenvalue weighted by molar-refractivity contribution is -0.151. The molecule has 1 saturated heterocycles. The van der Waals surface area contributed by atoms with Gasteiger partial charge in [-0.3, -0.25) is 9.69 Å². The number of nitrogens with zero attached hydrogens (tertiary/aromatic N) is 1. The van der Waals surface area contributed by atoms with E-state index in [0.717, 1.165) is 19.4 Å². The van der Waals surface area contributed by atoms with Gasteiger partial charge < -0.3 is 5.11 Å². The summed E-state index contributed by atoms with van der Waals surface area (Å²) in [5, 5.41) is 9.08. The SMILES string of the molecule is CC#CCN1CCCC(C)(C(=O)O)C1. The first kappa shape index (κ1) is 11.1. The van der Waals surface area contributed by atoms with Crippen molar-refractivity contribution in [3.05, 3.63) is 0 Å². The number of rotatable bonds is 2. The van der Waals surface area contributed by atoms with E-state index in [4.69, 9.17) is 5.11 Å². The molecule has 1 rings (SSSR count). The molecule has 1 aliphatic rings. The lowest BCUT2D eigenvalue weighted by Gasteiger charge is -2.36. The van der Waals surface area contributed by atoms with E-state index in [2.05, 4.69) is 16.7 Å². The molecule has 0 radical (unpaired) electrons. The molecule has 1 unspecified atom stereocenters. The van der Waals surface area contributed by atoms with E-state index in [0.29, 0.717) is 13.1 Å². The van der Waals surface area contributed by atoms with Crippen LogP contribution in [0.2, 0.25) is 0 Å². The number of hydrogen-bond acceptors (Lipinski definition) is 2. The molecule has 0 aromatic heterocycles. The van der Waals surface area contributed by atoms with E-state index in [9.17, 15) is 4.79 Å². The number of carboxylic acids is 1. The third kappa shape index (κ3) is 2.49. The molecule has 0 amide bonds. The molecule has 3 nitrogen and oxygen atoms in total. The smallest absolute Gasteiger partial charge is 0.310 e. The zero-order chi connectivity index (χ0) is 10.6. The van der Waals surface area contributed by atoms with Gasteiger partial charge in [-0.25, -0.2) is 0 Å². The Balaban J connectivity index is 2.58. The fourth-order valence-electron chi connectivity index (χ4n) is 1.84. The van der Waals surface area contributed by atoms with Crippen LogP contribution in [-0.4, -0.2) is 35.6 Å². The first-order chi connectivity index (χ1) is 6.58. The molecule has 14 heavy (non-hydrogen) atoms. The van der Waals surface area contributed by atoms with Crippen molar-refractivity contribution in [1.82, 2.24) is 4.90 Å². The van der Waals surface area contributed by atoms with Crippen LogP contribution >= 0.6 is 0 Å². The van der Waals surface area contributed by atoms with Gasteiger partial charge in [0.25, 0.3) is 0 Å². The highest BCUT2D eigenvalue weighted by Crippen LogP contribution is 2.29. The van der Waals surface area contributed by atoms with Crippen LogP contribution in [0.1, 0.15) is 26.7 Å². The van der Waals surface area contributed by atoms with Crippen molar-refractivity contribution in [3.63, 3.8) is 0 Å². The third-order valence-corrected chi connectivity index (χ3v) is 2.77. The molecule has 0 aliphatic carbocycles. The largest absolute Gasteiger partial charge is 0.481 e. The maximum absolute atomic E-state index is 11.0. The fraction of sp³-hybridized carbons (Fsp3) is 0.727. The van der Waals surface area contributed by atoms with Gasteiger partial charge in [0, 0.05) is 6.54 Å². The quantitative estimate of drug-likeness (QED) is 0.673. The van der Waals surface area contributed by atoms with Crippen LogP contribution in [0.3, 0.4) is 0 Å². The molecule has 0 aromatic carbocycles. The van der Waals surface area contributed by atoms with Gasteiger partial charge in [0.1, 0.15) is 0 Å². The van der Waals surface area contributed by atoms with Crippen LogP contribution in [0.25, 0.3) is 0 Å². The highest BCUT2D eigenvalue weighted by Gasteiger charge is 2.37. The molecule has 1 fully saturated rings. The van der Waals surface area contributed by atoms with Gasteiger partial charge in [-0.15, -0.1) is 5.92 Å². The lowest BCUT2D eigenvalue weighted by Crippen LogP contribution is -2.46. The predicted octanol–water partition coefficient (Wildman–Crippen LogP) is 1.20. The van der Waals surface area contributed by atoms with Crippen LogP contribution in [-0.2, 0) is 4.79 Å². The van der Waals surface area contributed by atoms with Gasteiger partial charge in [0.2, 0.25) is 0 Å². The number of hydrogen-bond donors (Lipinski definition) is 1. The van der Waals surface area contributed by atoms with Crippen molar-refractivity contribution < 1.29 is 9.90 Å². The van der Waals surface area contributed by atoms with Crippen molar-refractivity contribution in [2.75, 3.05) is 19.6 Å². The maximum atomic E-state index is 11.0. The molecule has 78 valence electrons. The molecule has 1 N–H and O–H groups in total. The highest BCUT2D eigenvalue weighted by atomic mass is 16.4. The first-order valence-corrected chi connectivity index (χ1v) is 4.94.